The molecule has 0 bridgehead atoms. The summed E-state index contributed by atoms with van der Waals surface area (Å²) in [6, 6.07) is 9.33. The Bertz CT molecular complexity index is 911. The zero-order valence-electron chi connectivity index (χ0n) is 17.3. The third-order valence-corrected chi connectivity index (χ3v) is 7.87. The Morgan fingerprint density at radius 3 is 1.63 bits per heavy atom. The van der Waals surface area contributed by atoms with Crippen molar-refractivity contribution in [2.24, 2.45) is 5.92 Å². The van der Waals surface area contributed by atoms with Gasteiger partial charge in [0.2, 0.25) is 18.2 Å². The minimum atomic E-state index is -3.80. The predicted octanol–water partition coefficient (Wildman–Crippen LogP) is 6.23. The van der Waals surface area contributed by atoms with E-state index in [1.807, 2.05) is 78.8 Å². The average Bonchev–Trinajstić information content (AvgIpc) is 2.52. The molecule has 0 amide bonds. The van der Waals surface area contributed by atoms with Crippen LogP contribution in [0.2, 0.25) is 0 Å². The molecule has 1 atom stereocenters. The summed E-state index contributed by atoms with van der Waals surface area (Å²) in [6.45, 7) is 13.1. The van der Waals surface area contributed by atoms with Gasteiger partial charge in [0.15, 0.2) is 0 Å². The number of carbonyl (C=O) groups is 2. The van der Waals surface area contributed by atoms with Gasteiger partial charge < -0.3 is 4.57 Å². The topological polar surface area (TPSA) is 51.2 Å². The standard InChI is InChI=1S/C23H29O3P/c1-14(2)13-27(26,22(24)20-16(4)9-8-10-17(20)5)23(25)21-18(6)11-15(3)12-19(21)7/h8-12,14H,13H2,1-7H3. The number of aryl methyl sites for hydroxylation is 5. The van der Waals surface area contributed by atoms with Gasteiger partial charge in [-0.15, -0.1) is 0 Å². The monoisotopic (exact) mass is 384 g/mol. The first-order valence-corrected chi connectivity index (χ1v) is 11.2. The van der Waals surface area contributed by atoms with E-state index in [1.54, 1.807) is 0 Å². The lowest BCUT2D eigenvalue weighted by molar-refractivity contribution is 0.103. The van der Waals surface area contributed by atoms with Crippen molar-refractivity contribution in [2.45, 2.75) is 48.5 Å². The number of hydrogen-bond acceptors (Lipinski definition) is 3. The molecule has 0 saturated carbocycles. The number of rotatable bonds is 6. The van der Waals surface area contributed by atoms with Crippen LogP contribution in [-0.2, 0) is 4.57 Å². The number of benzene rings is 2. The fraction of sp³-hybridized carbons (Fsp3) is 0.391. The van der Waals surface area contributed by atoms with Gasteiger partial charge in [0, 0.05) is 17.3 Å². The van der Waals surface area contributed by atoms with E-state index in [1.165, 1.54) is 0 Å². The Morgan fingerprint density at radius 2 is 1.22 bits per heavy atom. The van der Waals surface area contributed by atoms with Crippen LogP contribution in [0.5, 0.6) is 0 Å². The lowest BCUT2D eigenvalue weighted by atomic mass is 10.0. The molecule has 0 aliphatic heterocycles. The second-order valence-electron chi connectivity index (χ2n) is 7.97. The van der Waals surface area contributed by atoms with Gasteiger partial charge in [0.25, 0.3) is 0 Å². The highest BCUT2D eigenvalue weighted by molar-refractivity contribution is 7.95. The first-order valence-electron chi connectivity index (χ1n) is 9.32. The van der Waals surface area contributed by atoms with E-state index in [0.717, 1.165) is 27.8 Å². The zero-order valence-corrected chi connectivity index (χ0v) is 18.2. The molecule has 2 aromatic carbocycles. The summed E-state index contributed by atoms with van der Waals surface area (Å²) in [5, 5.41) is 0. The summed E-state index contributed by atoms with van der Waals surface area (Å²) in [5.74, 6) is -0.0286. The van der Waals surface area contributed by atoms with Crippen LogP contribution in [0.25, 0.3) is 0 Å². The van der Waals surface area contributed by atoms with Crippen LogP contribution >= 0.6 is 7.14 Å². The molecule has 0 aromatic heterocycles. The minimum Gasteiger partial charge on any atom is -0.307 e. The second-order valence-corrected chi connectivity index (χ2v) is 10.6. The highest BCUT2D eigenvalue weighted by Crippen LogP contribution is 2.54. The summed E-state index contributed by atoms with van der Waals surface area (Å²) >= 11 is 0. The molecule has 2 rings (SSSR count). The van der Waals surface area contributed by atoms with E-state index in [0.29, 0.717) is 11.1 Å². The Kier molecular flexibility index (Phi) is 6.27. The third kappa shape index (κ3) is 4.14. The molecule has 0 aliphatic carbocycles. The highest BCUT2D eigenvalue weighted by Gasteiger charge is 2.43. The van der Waals surface area contributed by atoms with Gasteiger partial charge >= 0.3 is 0 Å². The van der Waals surface area contributed by atoms with Crippen LogP contribution in [0.3, 0.4) is 0 Å². The molecule has 0 fully saturated rings. The fourth-order valence-electron chi connectivity index (χ4n) is 3.80. The smallest absolute Gasteiger partial charge is 0.229 e. The van der Waals surface area contributed by atoms with Gasteiger partial charge in [-0.1, -0.05) is 49.7 Å². The molecule has 3 nitrogen and oxygen atoms in total. The average molecular weight is 384 g/mol. The zero-order chi connectivity index (χ0) is 20.5. The predicted molar refractivity (Wildman–Crippen MR) is 113 cm³/mol. The summed E-state index contributed by atoms with van der Waals surface area (Å²) in [7, 11) is -3.80. The molecule has 1 unspecified atom stereocenters. The van der Waals surface area contributed by atoms with Gasteiger partial charge in [0.1, 0.15) is 0 Å². The van der Waals surface area contributed by atoms with Crippen molar-refractivity contribution >= 4 is 18.2 Å². The maximum Gasteiger partial charge on any atom is 0.229 e. The highest BCUT2D eigenvalue weighted by atomic mass is 31.2. The Labute approximate surface area is 162 Å². The SMILES string of the molecule is Cc1cc(C)c(C(=O)P(=O)(CC(C)C)C(=O)c2c(C)cccc2C)c(C)c1. The molecule has 0 saturated heterocycles. The van der Waals surface area contributed by atoms with Crippen molar-refractivity contribution in [1.29, 1.82) is 0 Å². The Morgan fingerprint density at radius 1 is 0.815 bits per heavy atom. The molecular weight excluding hydrogens is 355 g/mol. The third-order valence-electron chi connectivity index (χ3n) is 4.86. The summed E-state index contributed by atoms with van der Waals surface area (Å²) in [5.41, 5.74) is 3.97. The Balaban J connectivity index is 2.69. The lowest BCUT2D eigenvalue weighted by Crippen LogP contribution is -2.19. The minimum absolute atomic E-state index is 0.0286. The normalized spacial score (nSPS) is 13.5. The van der Waals surface area contributed by atoms with Gasteiger partial charge in [-0.25, -0.2) is 0 Å². The van der Waals surface area contributed by atoms with Crippen molar-refractivity contribution in [2.75, 3.05) is 6.16 Å². The molecule has 0 heterocycles. The van der Waals surface area contributed by atoms with Crippen molar-refractivity contribution in [3.8, 4) is 0 Å². The second kappa shape index (κ2) is 7.94. The summed E-state index contributed by atoms with van der Waals surface area (Å²) in [6.07, 6.45) is 0.0885. The number of carbonyl (C=O) groups excluding carboxylic acids is 2. The van der Waals surface area contributed by atoms with Crippen LogP contribution in [0.1, 0.15) is 62.4 Å². The fourth-order valence-corrected chi connectivity index (χ4v) is 6.77. The van der Waals surface area contributed by atoms with Crippen LogP contribution in [0.4, 0.5) is 0 Å². The molecule has 0 spiro atoms. The number of hydrogen-bond donors (Lipinski definition) is 0. The van der Waals surface area contributed by atoms with Crippen molar-refractivity contribution in [3.05, 3.63) is 69.3 Å². The quantitative estimate of drug-likeness (QED) is 0.555. The molecule has 4 heteroatoms. The summed E-state index contributed by atoms with van der Waals surface area (Å²) < 4.78 is 14.0. The molecule has 0 N–H and O–H groups in total. The van der Waals surface area contributed by atoms with Crippen molar-refractivity contribution < 1.29 is 14.2 Å². The van der Waals surface area contributed by atoms with Crippen LogP contribution in [0, 0.1) is 40.5 Å². The van der Waals surface area contributed by atoms with E-state index in [9.17, 15) is 14.2 Å². The van der Waals surface area contributed by atoms with Crippen molar-refractivity contribution in [3.63, 3.8) is 0 Å². The molecule has 0 aliphatic rings. The van der Waals surface area contributed by atoms with Crippen LogP contribution in [0.15, 0.2) is 30.3 Å². The van der Waals surface area contributed by atoms with E-state index >= 15 is 0 Å². The first kappa shape index (κ1) is 21.3. The molecule has 2 aromatic rings. The summed E-state index contributed by atoms with van der Waals surface area (Å²) in [4.78, 5) is 27.0. The molecule has 144 valence electrons. The first-order chi connectivity index (χ1) is 12.5. The van der Waals surface area contributed by atoms with Crippen LogP contribution < -0.4 is 0 Å². The largest absolute Gasteiger partial charge is 0.307 e. The van der Waals surface area contributed by atoms with E-state index in [2.05, 4.69) is 0 Å². The molecular formula is C23H29O3P. The van der Waals surface area contributed by atoms with Crippen LogP contribution in [-0.4, -0.2) is 17.2 Å². The van der Waals surface area contributed by atoms with Gasteiger partial charge in [-0.3, -0.25) is 9.59 Å². The molecule has 27 heavy (non-hydrogen) atoms. The van der Waals surface area contributed by atoms with Gasteiger partial charge in [-0.2, -0.15) is 0 Å². The molecule has 0 radical (unpaired) electrons. The lowest BCUT2D eigenvalue weighted by Gasteiger charge is -2.22. The van der Waals surface area contributed by atoms with E-state index in [4.69, 9.17) is 0 Å². The van der Waals surface area contributed by atoms with E-state index < -0.39 is 18.2 Å². The maximum absolute atomic E-state index is 14.0. The van der Waals surface area contributed by atoms with Gasteiger partial charge in [-0.05, 0) is 62.8 Å². The maximum atomic E-state index is 14.0. The van der Waals surface area contributed by atoms with Crippen molar-refractivity contribution in [1.82, 2.24) is 0 Å². The Hall–Kier alpha value is -1.99. The van der Waals surface area contributed by atoms with Gasteiger partial charge in [0.05, 0.1) is 0 Å². The van der Waals surface area contributed by atoms with E-state index in [-0.39, 0.29) is 12.1 Å².